The van der Waals surface area contributed by atoms with Crippen molar-refractivity contribution in [3.63, 3.8) is 0 Å². The van der Waals surface area contributed by atoms with Crippen LogP contribution in [0.3, 0.4) is 0 Å². The van der Waals surface area contributed by atoms with Gasteiger partial charge in [0.1, 0.15) is 0 Å². The molecule has 0 unspecified atom stereocenters. The lowest BCUT2D eigenvalue weighted by Gasteiger charge is -2.15. The van der Waals surface area contributed by atoms with Crippen LogP contribution in [0, 0.1) is 0 Å². The maximum Gasteiger partial charge on any atom is 0.238 e. The third kappa shape index (κ3) is 1.78. The molecule has 5 nitrogen and oxygen atoms in total. The normalized spacial score (nSPS) is 11.9. The molecule has 0 saturated heterocycles. The number of nitrogens with two attached hydrogens (primary N) is 1. The van der Waals surface area contributed by atoms with Crippen molar-refractivity contribution < 1.29 is 8.94 Å². The summed E-state index contributed by atoms with van der Waals surface area (Å²) in [5.74, 6) is 1.57. The van der Waals surface area contributed by atoms with Crippen LogP contribution in [0.1, 0.15) is 19.7 Å². The molecular weight excluding hydrogens is 194 g/mol. The molecule has 2 N–H and O–H groups in total. The SMILES string of the molecule is CC(C)(CN)c1nc(-c2ccco2)no1. The van der Waals surface area contributed by atoms with E-state index < -0.39 is 0 Å². The van der Waals surface area contributed by atoms with E-state index in [1.165, 1.54) is 0 Å². The van der Waals surface area contributed by atoms with Crippen LogP contribution in [-0.2, 0) is 5.41 Å². The smallest absolute Gasteiger partial charge is 0.238 e. The van der Waals surface area contributed by atoms with Gasteiger partial charge in [0, 0.05) is 6.54 Å². The zero-order chi connectivity index (χ0) is 10.9. The summed E-state index contributed by atoms with van der Waals surface area (Å²) < 4.78 is 10.3. The molecule has 0 atom stereocenters. The lowest BCUT2D eigenvalue weighted by atomic mass is 9.94. The Morgan fingerprint density at radius 3 is 2.87 bits per heavy atom. The van der Waals surface area contributed by atoms with Crippen LogP contribution >= 0.6 is 0 Å². The fraction of sp³-hybridized carbons (Fsp3) is 0.400. The zero-order valence-corrected chi connectivity index (χ0v) is 8.73. The first-order valence-electron chi connectivity index (χ1n) is 4.71. The minimum atomic E-state index is -0.308. The van der Waals surface area contributed by atoms with Crippen molar-refractivity contribution in [3.8, 4) is 11.6 Å². The predicted octanol–water partition coefficient (Wildman–Crippen LogP) is 1.57. The number of hydrogen-bond acceptors (Lipinski definition) is 5. The lowest BCUT2D eigenvalue weighted by molar-refractivity contribution is 0.311. The molecule has 2 rings (SSSR count). The van der Waals surface area contributed by atoms with Crippen molar-refractivity contribution in [1.82, 2.24) is 10.1 Å². The minimum absolute atomic E-state index is 0.308. The van der Waals surface area contributed by atoms with Crippen LogP contribution in [0.15, 0.2) is 27.3 Å². The van der Waals surface area contributed by atoms with Gasteiger partial charge >= 0.3 is 0 Å². The number of rotatable bonds is 3. The molecule has 5 heteroatoms. The Balaban J connectivity index is 2.33. The molecule has 0 bridgehead atoms. The van der Waals surface area contributed by atoms with E-state index in [4.69, 9.17) is 14.7 Å². The first-order chi connectivity index (χ1) is 7.13. The summed E-state index contributed by atoms with van der Waals surface area (Å²) in [6.07, 6.45) is 1.57. The number of nitrogens with zero attached hydrogens (tertiary/aromatic N) is 2. The molecule has 2 heterocycles. The van der Waals surface area contributed by atoms with E-state index in [9.17, 15) is 0 Å². The molecule has 0 spiro atoms. The Kier molecular flexibility index (Phi) is 2.32. The minimum Gasteiger partial charge on any atom is -0.461 e. The maximum atomic E-state index is 5.62. The molecule has 0 aromatic carbocycles. The maximum absolute atomic E-state index is 5.62. The summed E-state index contributed by atoms with van der Waals surface area (Å²) in [7, 11) is 0. The second kappa shape index (κ2) is 3.51. The molecule has 15 heavy (non-hydrogen) atoms. The van der Waals surface area contributed by atoms with E-state index in [0.29, 0.717) is 24.0 Å². The summed E-state index contributed by atoms with van der Waals surface area (Å²) >= 11 is 0. The van der Waals surface area contributed by atoms with Crippen LogP contribution in [0.4, 0.5) is 0 Å². The highest BCUT2D eigenvalue weighted by Gasteiger charge is 2.26. The van der Waals surface area contributed by atoms with Crippen LogP contribution in [0.5, 0.6) is 0 Å². The lowest BCUT2D eigenvalue weighted by Crippen LogP contribution is -2.28. The Bertz CT molecular complexity index is 431. The second-order valence-corrected chi connectivity index (χ2v) is 3.99. The molecule has 2 aromatic rings. The molecule has 0 aliphatic heterocycles. The third-order valence-electron chi connectivity index (χ3n) is 2.26. The van der Waals surface area contributed by atoms with Crippen LogP contribution in [0.2, 0.25) is 0 Å². The zero-order valence-electron chi connectivity index (χ0n) is 8.73. The van der Waals surface area contributed by atoms with E-state index in [1.54, 1.807) is 18.4 Å². The van der Waals surface area contributed by atoms with Gasteiger partial charge in [-0.25, -0.2) is 0 Å². The quantitative estimate of drug-likeness (QED) is 0.826. The molecule has 0 amide bonds. The molecule has 0 radical (unpaired) electrons. The van der Waals surface area contributed by atoms with Gasteiger partial charge in [0.25, 0.3) is 0 Å². The van der Waals surface area contributed by atoms with Gasteiger partial charge < -0.3 is 14.7 Å². The Morgan fingerprint density at radius 2 is 2.27 bits per heavy atom. The third-order valence-corrected chi connectivity index (χ3v) is 2.26. The number of furan rings is 1. The van der Waals surface area contributed by atoms with Gasteiger partial charge in [-0.1, -0.05) is 5.16 Å². The molecule has 0 aliphatic rings. The van der Waals surface area contributed by atoms with Gasteiger partial charge in [0.2, 0.25) is 11.7 Å². The fourth-order valence-corrected chi connectivity index (χ4v) is 1.09. The molecular formula is C10H13N3O2. The summed E-state index contributed by atoms with van der Waals surface area (Å²) in [4.78, 5) is 4.24. The first-order valence-corrected chi connectivity index (χ1v) is 4.71. The van der Waals surface area contributed by atoms with Crippen molar-refractivity contribution in [2.75, 3.05) is 6.54 Å². The summed E-state index contributed by atoms with van der Waals surface area (Å²) in [5.41, 5.74) is 5.31. The average Bonchev–Trinajstić information content (AvgIpc) is 2.88. The monoisotopic (exact) mass is 207 g/mol. The summed E-state index contributed by atoms with van der Waals surface area (Å²) in [6, 6.07) is 3.56. The molecule has 0 aliphatic carbocycles. The second-order valence-electron chi connectivity index (χ2n) is 3.99. The molecule has 80 valence electrons. The Hall–Kier alpha value is -1.62. The van der Waals surface area contributed by atoms with Gasteiger partial charge in [-0.05, 0) is 26.0 Å². The highest BCUT2D eigenvalue weighted by molar-refractivity contribution is 5.44. The van der Waals surface area contributed by atoms with Crippen LogP contribution in [-0.4, -0.2) is 16.7 Å². The standard InChI is InChI=1S/C10H13N3O2/c1-10(2,6-11)9-12-8(13-15-9)7-4-3-5-14-7/h3-5H,6,11H2,1-2H3. The van der Waals surface area contributed by atoms with E-state index in [0.717, 1.165) is 0 Å². The number of aromatic nitrogens is 2. The van der Waals surface area contributed by atoms with Crippen LogP contribution in [0.25, 0.3) is 11.6 Å². The number of hydrogen-bond donors (Lipinski definition) is 1. The van der Waals surface area contributed by atoms with E-state index >= 15 is 0 Å². The summed E-state index contributed by atoms with van der Waals surface area (Å²) in [6.45, 7) is 4.35. The average molecular weight is 207 g/mol. The van der Waals surface area contributed by atoms with Gasteiger partial charge in [0.15, 0.2) is 5.76 Å². The van der Waals surface area contributed by atoms with Gasteiger partial charge in [-0.2, -0.15) is 4.98 Å². The molecule has 0 fully saturated rings. The van der Waals surface area contributed by atoms with E-state index in [1.807, 2.05) is 13.8 Å². The van der Waals surface area contributed by atoms with E-state index in [-0.39, 0.29) is 5.41 Å². The van der Waals surface area contributed by atoms with Gasteiger partial charge in [-0.15, -0.1) is 0 Å². The van der Waals surface area contributed by atoms with Gasteiger partial charge in [0.05, 0.1) is 11.7 Å². The van der Waals surface area contributed by atoms with Crippen LogP contribution < -0.4 is 5.73 Å². The molecule has 2 aromatic heterocycles. The predicted molar refractivity (Wildman–Crippen MR) is 54.1 cm³/mol. The van der Waals surface area contributed by atoms with E-state index in [2.05, 4.69) is 10.1 Å². The fourth-order valence-electron chi connectivity index (χ4n) is 1.09. The van der Waals surface area contributed by atoms with Crippen molar-refractivity contribution in [1.29, 1.82) is 0 Å². The highest BCUT2D eigenvalue weighted by atomic mass is 16.5. The van der Waals surface area contributed by atoms with Crippen molar-refractivity contribution in [2.24, 2.45) is 5.73 Å². The van der Waals surface area contributed by atoms with Gasteiger partial charge in [-0.3, -0.25) is 0 Å². The Labute approximate surface area is 87.3 Å². The van der Waals surface area contributed by atoms with Crippen molar-refractivity contribution in [2.45, 2.75) is 19.3 Å². The topological polar surface area (TPSA) is 78.1 Å². The van der Waals surface area contributed by atoms with Crippen molar-refractivity contribution >= 4 is 0 Å². The Morgan fingerprint density at radius 1 is 1.47 bits per heavy atom. The van der Waals surface area contributed by atoms with Crippen molar-refractivity contribution in [3.05, 3.63) is 24.3 Å². The largest absolute Gasteiger partial charge is 0.461 e. The highest BCUT2D eigenvalue weighted by Crippen LogP contribution is 2.23. The molecule has 0 saturated carbocycles. The summed E-state index contributed by atoms with van der Waals surface area (Å²) in [5, 5.41) is 3.84. The first kappa shape index (κ1) is 9.92.